The molecule has 0 saturated heterocycles. The predicted octanol–water partition coefficient (Wildman–Crippen LogP) is 6.05. The van der Waals surface area contributed by atoms with E-state index in [9.17, 15) is 19.7 Å². The Kier molecular flexibility index (Phi) is 5.47. The van der Waals surface area contributed by atoms with Crippen molar-refractivity contribution in [2.75, 3.05) is 10.2 Å². The van der Waals surface area contributed by atoms with Crippen LogP contribution in [0.5, 0.6) is 0 Å². The first kappa shape index (κ1) is 22.5. The number of nitrogens with one attached hydrogen (secondary N) is 1. The number of hydrogen-bond acceptors (Lipinski definition) is 5. The Morgan fingerprint density at radius 2 is 1.63 bits per heavy atom. The Hall–Kier alpha value is -4.26. The van der Waals surface area contributed by atoms with Gasteiger partial charge in [0.05, 0.1) is 22.3 Å². The molecule has 1 aliphatic carbocycles. The van der Waals surface area contributed by atoms with Crippen LogP contribution in [0.15, 0.2) is 90.1 Å². The number of amides is 1. The molecule has 0 unspecified atom stereocenters. The van der Waals surface area contributed by atoms with Crippen LogP contribution in [0.3, 0.4) is 0 Å². The molecule has 5 rings (SSSR count). The molecule has 0 fully saturated rings. The molecule has 1 atom stereocenters. The fourth-order valence-corrected chi connectivity index (χ4v) is 5.02. The number of non-ortho nitro benzene ring substituents is 1. The maximum atomic E-state index is 14.0. The summed E-state index contributed by atoms with van der Waals surface area (Å²) in [4.78, 5) is 40.2. The molecule has 1 aliphatic heterocycles. The average molecular weight is 468 g/mol. The smallest absolute Gasteiger partial charge is 0.269 e. The van der Waals surface area contributed by atoms with Crippen LogP contribution >= 0.6 is 0 Å². The lowest BCUT2D eigenvalue weighted by Gasteiger charge is -2.37. The molecule has 0 saturated carbocycles. The molecule has 176 valence electrons. The van der Waals surface area contributed by atoms with Gasteiger partial charge in [-0.2, -0.15) is 0 Å². The van der Waals surface area contributed by atoms with E-state index in [1.807, 2.05) is 30.3 Å². The molecule has 1 N–H and O–H groups in total. The highest BCUT2D eigenvalue weighted by Gasteiger charge is 2.43. The van der Waals surface area contributed by atoms with Gasteiger partial charge in [-0.3, -0.25) is 24.6 Å². The van der Waals surface area contributed by atoms with E-state index >= 15 is 0 Å². The van der Waals surface area contributed by atoms with Crippen LogP contribution in [0.1, 0.15) is 48.7 Å². The first-order chi connectivity index (χ1) is 16.7. The number of ketones is 1. The monoisotopic (exact) mass is 467 g/mol. The number of para-hydroxylation sites is 2. The predicted molar refractivity (Wildman–Crippen MR) is 134 cm³/mol. The maximum Gasteiger partial charge on any atom is 0.269 e. The summed E-state index contributed by atoms with van der Waals surface area (Å²) in [6.45, 7) is 4.11. The normalized spacial score (nSPS) is 18.7. The Bertz CT molecular complexity index is 1360. The van der Waals surface area contributed by atoms with Gasteiger partial charge in [-0.25, -0.2) is 0 Å². The second kappa shape index (κ2) is 8.51. The molecule has 7 heteroatoms. The molecule has 35 heavy (non-hydrogen) atoms. The fourth-order valence-electron chi connectivity index (χ4n) is 5.02. The molecule has 0 aromatic heterocycles. The minimum absolute atomic E-state index is 0.0363. The molecule has 0 spiro atoms. The number of benzene rings is 3. The summed E-state index contributed by atoms with van der Waals surface area (Å²) in [7, 11) is 0. The molecule has 0 radical (unpaired) electrons. The van der Waals surface area contributed by atoms with Crippen molar-refractivity contribution in [3.63, 3.8) is 0 Å². The van der Waals surface area contributed by atoms with E-state index in [4.69, 9.17) is 0 Å². The Morgan fingerprint density at radius 3 is 2.31 bits per heavy atom. The summed E-state index contributed by atoms with van der Waals surface area (Å²) in [5.74, 6) is -0.291. The standard InChI is InChI=1S/C28H25N3O4/c1-28(2)16-22-25(24(32)17-28)26(18-12-14-20(15-13-18)31(34)35)30(23-11-7-6-10-21(23)29-22)27(33)19-8-4-3-5-9-19/h3-15,26,29H,16-17H2,1-2H3/t26-/m0/s1. The molecule has 1 heterocycles. The summed E-state index contributed by atoms with van der Waals surface area (Å²) < 4.78 is 0. The molecule has 1 amide bonds. The van der Waals surface area contributed by atoms with Crippen molar-refractivity contribution in [2.24, 2.45) is 5.41 Å². The molecule has 2 aliphatic rings. The highest BCUT2D eigenvalue weighted by Crippen LogP contribution is 2.48. The summed E-state index contributed by atoms with van der Waals surface area (Å²) >= 11 is 0. The number of hydrogen-bond donors (Lipinski definition) is 1. The first-order valence-corrected chi connectivity index (χ1v) is 11.5. The van der Waals surface area contributed by atoms with Crippen LogP contribution in [-0.2, 0) is 4.79 Å². The van der Waals surface area contributed by atoms with Gasteiger partial charge in [-0.1, -0.05) is 44.2 Å². The van der Waals surface area contributed by atoms with E-state index in [0.29, 0.717) is 35.2 Å². The van der Waals surface area contributed by atoms with Gasteiger partial charge < -0.3 is 5.32 Å². The summed E-state index contributed by atoms with van der Waals surface area (Å²) in [5.41, 5.74) is 3.53. The van der Waals surface area contributed by atoms with Crippen LogP contribution in [0.2, 0.25) is 0 Å². The molecule has 3 aromatic rings. The van der Waals surface area contributed by atoms with Gasteiger partial charge in [0.15, 0.2) is 5.78 Å². The van der Waals surface area contributed by atoms with Crippen LogP contribution in [-0.4, -0.2) is 16.6 Å². The van der Waals surface area contributed by atoms with Gasteiger partial charge >= 0.3 is 0 Å². The number of nitrogens with zero attached hydrogens (tertiary/aromatic N) is 2. The average Bonchev–Trinajstić information content (AvgIpc) is 2.97. The third kappa shape index (κ3) is 4.10. The van der Waals surface area contributed by atoms with Crippen molar-refractivity contribution >= 4 is 28.8 Å². The Labute approximate surface area is 203 Å². The number of carbonyl (C=O) groups excluding carboxylic acids is 2. The van der Waals surface area contributed by atoms with Crippen molar-refractivity contribution in [1.29, 1.82) is 0 Å². The lowest BCUT2D eigenvalue weighted by Crippen LogP contribution is -2.39. The van der Waals surface area contributed by atoms with Gasteiger partial charge in [-0.15, -0.1) is 0 Å². The zero-order chi connectivity index (χ0) is 24.7. The van der Waals surface area contributed by atoms with Crippen LogP contribution in [0.25, 0.3) is 0 Å². The topological polar surface area (TPSA) is 92.6 Å². The number of Topliss-reactive ketones (excluding diaryl/α,β-unsaturated/α-hetero) is 1. The largest absolute Gasteiger partial charge is 0.357 e. The molecule has 0 bridgehead atoms. The van der Waals surface area contributed by atoms with E-state index in [0.717, 1.165) is 11.4 Å². The third-order valence-electron chi connectivity index (χ3n) is 6.56. The maximum absolute atomic E-state index is 14.0. The van der Waals surface area contributed by atoms with Crippen molar-refractivity contribution in [3.05, 3.63) is 111 Å². The molecule has 3 aromatic carbocycles. The van der Waals surface area contributed by atoms with Crippen LogP contribution in [0, 0.1) is 15.5 Å². The van der Waals surface area contributed by atoms with E-state index in [1.165, 1.54) is 12.1 Å². The van der Waals surface area contributed by atoms with Gasteiger partial charge in [0.25, 0.3) is 11.6 Å². The number of fused-ring (bicyclic) bond motifs is 1. The van der Waals surface area contributed by atoms with Crippen molar-refractivity contribution in [1.82, 2.24) is 0 Å². The molecular weight excluding hydrogens is 442 g/mol. The lowest BCUT2D eigenvalue weighted by atomic mass is 9.73. The third-order valence-corrected chi connectivity index (χ3v) is 6.56. The van der Waals surface area contributed by atoms with Crippen LogP contribution < -0.4 is 10.2 Å². The van der Waals surface area contributed by atoms with Gasteiger partial charge in [0.2, 0.25) is 0 Å². The summed E-state index contributed by atoms with van der Waals surface area (Å²) in [6, 6.07) is 21.8. The first-order valence-electron chi connectivity index (χ1n) is 11.5. The highest BCUT2D eigenvalue weighted by molar-refractivity contribution is 6.12. The zero-order valence-corrected chi connectivity index (χ0v) is 19.5. The summed E-state index contributed by atoms with van der Waals surface area (Å²) in [6.07, 6.45) is 0.986. The zero-order valence-electron chi connectivity index (χ0n) is 19.5. The molecular formula is C28H25N3O4. The van der Waals surface area contributed by atoms with Gasteiger partial charge in [0.1, 0.15) is 0 Å². The number of carbonyl (C=O) groups is 2. The Morgan fingerprint density at radius 1 is 0.971 bits per heavy atom. The Balaban J connectivity index is 1.78. The number of nitro benzene ring substituents is 1. The van der Waals surface area contributed by atoms with Gasteiger partial charge in [0, 0.05) is 35.4 Å². The highest BCUT2D eigenvalue weighted by atomic mass is 16.6. The quantitative estimate of drug-likeness (QED) is 0.374. The van der Waals surface area contributed by atoms with Crippen molar-refractivity contribution < 1.29 is 14.5 Å². The van der Waals surface area contributed by atoms with Crippen LogP contribution in [0.4, 0.5) is 17.1 Å². The number of allylic oxidation sites excluding steroid dienone is 1. The number of anilines is 2. The fraction of sp³-hybridized carbons (Fsp3) is 0.214. The second-order valence-electron chi connectivity index (χ2n) is 9.77. The minimum Gasteiger partial charge on any atom is -0.357 e. The van der Waals surface area contributed by atoms with E-state index < -0.39 is 11.0 Å². The van der Waals surface area contributed by atoms with Crippen molar-refractivity contribution in [2.45, 2.75) is 32.7 Å². The SMILES string of the molecule is CC1(C)CC(=O)C2=C(C1)Nc1ccccc1N(C(=O)c1ccccc1)[C@H]2c1ccc([N+](=O)[O-])cc1. The lowest BCUT2D eigenvalue weighted by molar-refractivity contribution is -0.384. The van der Waals surface area contributed by atoms with E-state index in [2.05, 4.69) is 19.2 Å². The summed E-state index contributed by atoms with van der Waals surface area (Å²) in [5, 5.41) is 14.8. The second-order valence-corrected chi connectivity index (χ2v) is 9.77. The van der Waals surface area contributed by atoms with E-state index in [-0.39, 0.29) is 22.8 Å². The van der Waals surface area contributed by atoms with Crippen molar-refractivity contribution in [3.8, 4) is 0 Å². The molecule has 7 nitrogen and oxygen atoms in total. The van der Waals surface area contributed by atoms with Gasteiger partial charge in [-0.05, 0) is 53.8 Å². The minimum atomic E-state index is -0.738. The number of rotatable bonds is 3. The number of nitro groups is 1. The van der Waals surface area contributed by atoms with E-state index in [1.54, 1.807) is 41.3 Å².